The molecule has 0 fully saturated rings. The van der Waals surface area contributed by atoms with Crippen LogP contribution in [0.1, 0.15) is 18.9 Å². The lowest BCUT2D eigenvalue weighted by molar-refractivity contribution is 0.297. The zero-order valence-corrected chi connectivity index (χ0v) is 12.2. The van der Waals surface area contributed by atoms with Gasteiger partial charge in [-0.2, -0.15) is 0 Å². The summed E-state index contributed by atoms with van der Waals surface area (Å²) >= 11 is 0. The smallest absolute Gasteiger partial charge is 0.133 e. The monoisotopic (exact) mass is 287 g/mol. The summed E-state index contributed by atoms with van der Waals surface area (Å²) in [7, 11) is 0. The molecule has 0 heterocycles. The van der Waals surface area contributed by atoms with E-state index in [0.717, 1.165) is 17.7 Å². The molecular formula is C17H21NO3. The Labute approximate surface area is 125 Å². The molecular weight excluding hydrogens is 266 g/mol. The number of para-hydroxylation sites is 1. The molecule has 112 valence electrons. The standard InChI is InChI=1S/C17H21NO3/c1-2-9-20-15-10-14(18)11-16(12-15)21-17-6-4-3-5-13(17)7-8-19/h3-6,10-12,19H,2,7-9,18H2,1H3. The fraction of sp³-hybridized carbons (Fsp3) is 0.294. The summed E-state index contributed by atoms with van der Waals surface area (Å²) in [5.74, 6) is 2.05. The number of nitrogen functional groups attached to an aromatic ring is 1. The minimum absolute atomic E-state index is 0.0855. The number of hydrogen-bond acceptors (Lipinski definition) is 4. The van der Waals surface area contributed by atoms with Crippen molar-refractivity contribution in [2.75, 3.05) is 18.9 Å². The SMILES string of the molecule is CCCOc1cc(N)cc(Oc2ccccc2CCO)c1. The molecule has 0 bridgehead atoms. The summed E-state index contributed by atoms with van der Waals surface area (Å²) < 4.78 is 11.5. The van der Waals surface area contributed by atoms with Gasteiger partial charge in [0.05, 0.1) is 6.61 Å². The van der Waals surface area contributed by atoms with Crippen LogP contribution in [0, 0.1) is 0 Å². The van der Waals surface area contributed by atoms with Crippen LogP contribution in [0.4, 0.5) is 5.69 Å². The molecule has 0 aliphatic rings. The Kier molecular flexibility index (Phi) is 5.46. The third-order valence-electron chi connectivity index (χ3n) is 2.96. The van der Waals surface area contributed by atoms with E-state index in [1.165, 1.54) is 0 Å². The first-order chi connectivity index (χ1) is 10.2. The lowest BCUT2D eigenvalue weighted by atomic mass is 10.1. The van der Waals surface area contributed by atoms with Crippen LogP contribution >= 0.6 is 0 Å². The maximum atomic E-state index is 9.10. The highest BCUT2D eigenvalue weighted by molar-refractivity contribution is 5.52. The van der Waals surface area contributed by atoms with Crippen LogP contribution in [0.15, 0.2) is 42.5 Å². The normalized spacial score (nSPS) is 10.4. The van der Waals surface area contributed by atoms with E-state index in [1.807, 2.05) is 30.3 Å². The van der Waals surface area contributed by atoms with Crippen LogP contribution in [-0.4, -0.2) is 18.3 Å². The molecule has 0 radical (unpaired) electrons. The van der Waals surface area contributed by atoms with Gasteiger partial charge in [-0.1, -0.05) is 25.1 Å². The van der Waals surface area contributed by atoms with Gasteiger partial charge in [0.2, 0.25) is 0 Å². The highest BCUT2D eigenvalue weighted by Crippen LogP contribution is 2.30. The second-order valence-corrected chi connectivity index (χ2v) is 4.77. The maximum Gasteiger partial charge on any atom is 0.133 e. The summed E-state index contributed by atoms with van der Waals surface area (Å²) in [6.07, 6.45) is 1.49. The van der Waals surface area contributed by atoms with Gasteiger partial charge in [-0.25, -0.2) is 0 Å². The molecule has 0 saturated heterocycles. The molecule has 0 aliphatic carbocycles. The molecule has 2 aromatic rings. The Balaban J connectivity index is 2.21. The fourth-order valence-corrected chi connectivity index (χ4v) is 2.01. The predicted octanol–water partition coefficient (Wildman–Crippen LogP) is 3.38. The van der Waals surface area contributed by atoms with Crippen LogP contribution in [0.5, 0.6) is 17.2 Å². The van der Waals surface area contributed by atoms with Crippen molar-refractivity contribution in [3.8, 4) is 17.2 Å². The van der Waals surface area contributed by atoms with Gasteiger partial charge in [0.1, 0.15) is 17.2 Å². The molecule has 0 amide bonds. The van der Waals surface area contributed by atoms with Gasteiger partial charge in [-0.3, -0.25) is 0 Å². The van der Waals surface area contributed by atoms with E-state index < -0.39 is 0 Å². The van der Waals surface area contributed by atoms with Gasteiger partial charge in [0.15, 0.2) is 0 Å². The van der Waals surface area contributed by atoms with Crippen molar-refractivity contribution < 1.29 is 14.6 Å². The van der Waals surface area contributed by atoms with Crippen molar-refractivity contribution >= 4 is 5.69 Å². The molecule has 4 heteroatoms. The third-order valence-corrected chi connectivity index (χ3v) is 2.96. The van der Waals surface area contributed by atoms with E-state index >= 15 is 0 Å². The molecule has 0 unspecified atom stereocenters. The number of hydrogen-bond donors (Lipinski definition) is 2. The Hall–Kier alpha value is -2.20. The van der Waals surface area contributed by atoms with Crippen molar-refractivity contribution in [3.05, 3.63) is 48.0 Å². The van der Waals surface area contributed by atoms with Crippen molar-refractivity contribution in [1.82, 2.24) is 0 Å². The van der Waals surface area contributed by atoms with E-state index in [4.69, 9.17) is 20.3 Å². The highest BCUT2D eigenvalue weighted by Gasteiger charge is 2.06. The highest BCUT2D eigenvalue weighted by atomic mass is 16.5. The molecule has 2 rings (SSSR count). The molecule has 0 aliphatic heterocycles. The zero-order valence-electron chi connectivity index (χ0n) is 12.2. The number of rotatable bonds is 7. The largest absolute Gasteiger partial charge is 0.493 e. The average Bonchev–Trinajstić information content (AvgIpc) is 2.47. The first-order valence-corrected chi connectivity index (χ1v) is 7.13. The van der Waals surface area contributed by atoms with Gasteiger partial charge >= 0.3 is 0 Å². The Bertz CT molecular complexity index is 584. The topological polar surface area (TPSA) is 64.7 Å². The Morgan fingerprint density at radius 1 is 1.10 bits per heavy atom. The van der Waals surface area contributed by atoms with E-state index in [1.54, 1.807) is 12.1 Å². The van der Waals surface area contributed by atoms with Crippen molar-refractivity contribution in [3.63, 3.8) is 0 Å². The van der Waals surface area contributed by atoms with E-state index in [2.05, 4.69) is 6.92 Å². The van der Waals surface area contributed by atoms with Crippen LogP contribution in [-0.2, 0) is 6.42 Å². The van der Waals surface area contributed by atoms with Crippen molar-refractivity contribution in [2.24, 2.45) is 0 Å². The summed E-state index contributed by atoms with van der Waals surface area (Å²) in [5, 5.41) is 9.10. The molecule has 0 spiro atoms. The van der Waals surface area contributed by atoms with Gasteiger partial charge in [-0.15, -0.1) is 0 Å². The minimum atomic E-state index is 0.0855. The van der Waals surface area contributed by atoms with Crippen LogP contribution < -0.4 is 15.2 Å². The van der Waals surface area contributed by atoms with Gasteiger partial charge in [0, 0.05) is 30.5 Å². The first kappa shape index (κ1) is 15.2. The van der Waals surface area contributed by atoms with E-state index in [9.17, 15) is 0 Å². The number of anilines is 1. The molecule has 0 saturated carbocycles. The van der Waals surface area contributed by atoms with Crippen LogP contribution in [0.3, 0.4) is 0 Å². The molecule has 0 atom stereocenters. The summed E-state index contributed by atoms with van der Waals surface area (Å²) in [6.45, 7) is 2.78. The Morgan fingerprint density at radius 2 is 1.86 bits per heavy atom. The lowest BCUT2D eigenvalue weighted by Gasteiger charge is -2.12. The zero-order chi connectivity index (χ0) is 15.1. The third kappa shape index (κ3) is 4.39. The molecule has 4 nitrogen and oxygen atoms in total. The number of aliphatic hydroxyl groups is 1. The van der Waals surface area contributed by atoms with Crippen molar-refractivity contribution in [1.29, 1.82) is 0 Å². The van der Waals surface area contributed by atoms with E-state index in [-0.39, 0.29) is 6.61 Å². The lowest BCUT2D eigenvalue weighted by Crippen LogP contribution is -1.98. The Morgan fingerprint density at radius 3 is 2.62 bits per heavy atom. The van der Waals surface area contributed by atoms with Gasteiger partial charge in [0.25, 0.3) is 0 Å². The summed E-state index contributed by atoms with van der Waals surface area (Å²) in [6, 6.07) is 13.0. The van der Waals surface area contributed by atoms with E-state index in [0.29, 0.717) is 30.2 Å². The summed E-state index contributed by atoms with van der Waals surface area (Å²) in [4.78, 5) is 0. The number of benzene rings is 2. The molecule has 21 heavy (non-hydrogen) atoms. The van der Waals surface area contributed by atoms with Crippen LogP contribution in [0.25, 0.3) is 0 Å². The molecule has 0 aromatic heterocycles. The fourth-order valence-electron chi connectivity index (χ4n) is 2.01. The summed E-state index contributed by atoms with van der Waals surface area (Å²) in [5.41, 5.74) is 7.43. The number of aliphatic hydroxyl groups excluding tert-OH is 1. The number of ether oxygens (including phenoxy) is 2. The molecule has 2 aromatic carbocycles. The minimum Gasteiger partial charge on any atom is -0.493 e. The first-order valence-electron chi connectivity index (χ1n) is 7.13. The van der Waals surface area contributed by atoms with Gasteiger partial charge < -0.3 is 20.3 Å². The average molecular weight is 287 g/mol. The number of nitrogens with two attached hydrogens (primary N) is 1. The molecule has 3 N–H and O–H groups in total. The van der Waals surface area contributed by atoms with Crippen molar-refractivity contribution in [2.45, 2.75) is 19.8 Å². The van der Waals surface area contributed by atoms with Crippen LogP contribution in [0.2, 0.25) is 0 Å². The second kappa shape index (κ2) is 7.55. The quantitative estimate of drug-likeness (QED) is 0.766. The van der Waals surface area contributed by atoms with Gasteiger partial charge in [-0.05, 0) is 24.5 Å². The second-order valence-electron chi connectivity index (χ2n) is 4.77. The predicted molar refractivity (Wildman–Crippen MR) is 83.9 cm³/mol. The maximum absolute atomic E-state index is 9.10.